The van der Waals surface area contributed by atoms with Gasteiger partial charge in [0.2, 0.25) is 0 Å². The van der Waals surface area contributed by atoms with Crippen LogP contribution in [0.1, 0.15) is 18.2 Å². The number of nitrogens with zero attached hydrogens (tertiary/aromatic N) is 1. The van der Waals surface area contributed by atoms with E-state index in [9.17, 15) is 9.59 Å². The highest BCUT2D eigenvalue weighted by Gasteiger charge is 2.50. The summed E-state index contributed by atoms with van der Waals surface area (Å²) >= 11 is 0. The minimum absolute atomic E-state index is 0.175. The predicted octanol–water partition coefficient (Wildman–Crippen LogP) is 2.43. The molecule has 0 bridgehead atoms. The van der Waals surface area contributed by atoms with Crippen molar-refractivity contribution >= 4 is 11.9 Å². The second kappa shape index (κ2) is 5.79. The molecule has 0 unspecified atom stereocenters. The molecule has 23 heavy (non-hydrogen) atoms. The van der Waals surface area contributed by atoms with Crippen molar-refractivity contribution in [2.45, 2.75) is 19.4 Å². The van der Waals surface area contributed by atoms with Gasteiger partial charge < -0.3 is 14.5 Å². The first-order valence-electron chi connectivity index (χ1n) is 7.38. The molecule has 0 spiro atoms. The average molecular weight is 314 g/mol. The number of furan rings is 1. The Hall–Kier alpha value is -2.76. The van der Waals surface area contributed by atoms with Crippen molar-refractivity contribution in [2.24, 2.45) is 0 Å². The van der Waals surface area contributed by atoms with E-state index in [1.165, 1.54) is 6.26 Å². The van der Waals surface area contributed by atoms with E-state index in [-0.39, 0.29) is 19.1 Å². The number of aryl methyl sites for hydroxylation is 1. The molecule has 0 saturated carbocycles. The quantitative estimate of drug-likeness (QED) is 0.860. The van der Waals surface area contributed by atoms with Crippen molar-refractivity contribution in [2.75, 3.05) is 13.2 Å². The summed E-state index contributed by atoms with van der Waals surface area (Å²) in [6.07, 6.45) is 1.48. The van der Waals surface area contributed by atoms with Crippen LogP contribution in [0.3, 0.4) is 0 Å². The zero-order chi connectivity index (χ0) is 16.4. The van der Waals surface area contributed by atoms with Gasteiger partial charge in [0.25, 0.3) is 5.91 Å². The summed E-state index contributed by atoms with van der Waals surface area (Å²) in [4.78, 5) is 25.8. The highest BCUT2D eigenvalue weighted by Crippen LogP contribution is 2.28. The van der Waals surface area contributed by atoms with Gasteiger partial charge in [0.15, 0.2) is 5.54 Å². The van der Waals surface area contributed by atoms with Crippen LogP contribution in [0.4, 0.5) is 4.79 Å². The number of hydrogen-bond donors (Lipinski definition) is 1. The molecular weight excluding hydrogens is 296 g/mol. The predicted molar refractivity (Wildman–Crippen MR) is 83.0 cm³/mol. The fourth-order valence-corrected chi connectivity index (χ4v) is 2.52. The van der Waals surface area contributed by atoms with E-state index >= 15 is 0 Å². The lowest BCUT2D eigenvalue weighted by molar-refractivity contribution is -0.131. The van der Waals surface area contributed by atoms with E-state index in [2.05, 4.69) is 5.32 Å². The molecule has 1 saturated heterocycles. The number of hydrogen-bond acceptors (Lipinski definition) is 4. The number of benzene rings is 1. The van der Waals surface area contributed by atoms with Gasteiger partial charge in [-0.05, 0) is 38.1 Å². The molecule has 6 heteroatoms. The molecule has 1 N–H and O–H groups in total. The summed E-state index contributed by atoms with van der Waals surface area (Å²) in [7, 11) is 0. The highest BCUT2D eigenvalue weighted by atomic mass is 16.5. The molecular formula is C17H18N2O4. The molecule has 0 radical (unpaired) electrons. The van der Waals surface area contributed by atoms with Crippen LogP contribution in [-0.2, 0) is 10.3 Å². The third kappa shape index (κ3) is 2.79. The van der Waals surface area contributed by atoms with Crippen molar-refractivity contribution < 1.29 is 18.7 Å². The fraction of sp³-hybridized carbons (Fsp3) is 0.294. The molecule has 2 heterocycles. The van der Waals surface area contributed by atoms with Gasteiger partial charge in [0.05, 0.1) is 12.8 Å². The Morgan fingerprint density at radius 3 is 2.61 bits per heavy atom. The number of ether oxygens (including phenoxy) is 1. The fourth-order valence-electron chi connectivity index (χ4n) is 2.52. The third-order valence-corrected chi connectivity index (χ3v) is 3.89. The normalized spacial score (nSPS) is 20.7. The van der Waals surface area contributed by atoms with Gasteiger partial charge in [-0.2, -0.15) is 0 Å². The number of urea groups is 1. The summed E-state index contributed by atoms with van der Waals surface area (Å²) in [5, 5.41) is 2.68. The van der Waals surface area contributed by atoms with E-state index in [1.807, 2.05) is 31.2 Å². The molecule has 1 aromatic carbocycles. The Labute approximate surface area is 134 Å². The van der Waals surface area contributed by atoms with Crippen LogP contribution < -0.4 is 10.1 Å². The summed E-state index contributed by atoms with van der Waals surface area (Å²) in [6, 6.07) is 10.5. The van der Waals surface area contributed by atoms with Crippen LogP contribution in [0.15, 0.2) is 47.1 Å². The smallest absolute Gasteiger partial charge is 0.325 e. The maximum Gasteiger partial charge on any atom is 0.325 e. The third-order valence-electron chi connectivity index (χ3n) is 3.89. The number of nitrogens with one attached hydrogen (secondary N) is 1. The number of carbonyl (C=O) groups excluding carboxylic acids is 2. The molecule has 6 nitrogen and oxygen atoms in total. The maximum atomic E-state index is 12.6. The van der Waals surface area contributed by atoms with E-state index in [4.69, 9.17) is 9.15 Å². The average Bonchev–Trinajstić information content (AvgIpc) is 3.13. The first kappa shape index (κ1) is 15.1. The molecule has 1 aliphatic rings. The van der Waals surface area contributed by atoms with E-state index in [0.717, 1.165) is 10.5 Å². The molecule has 0 aliphatic carbocycles. The monoisotopic (exact) mass is 314 g/mol. The van der Waals surface area contributed by atoms with Gasteiger partial charge in [0, 0.05) is 0 Å². The van der Waals surface area contributed by atoms with Crippen LogP contribution in [0.2, 0.25) is 0 Å². The second-order valence-electron chi connectivity index (χ2n) is 5.65. The number of carbonyl (C=O) groups is 2. The Kier molecular flexibility index (Phi) is 3.82. The Morgan fingerprint density at radius 2 is 1.96 bits per heavy atom. The van der Waals surface area contributed by atoms with E-state index in [0.29, 0.717) is 11.5 Å². The summed E-state index contributed by atoms with van der Waals surface area (Å²) in [5.41, 5.74) is -0.0228. The standard InChI is InChI=1S/C17H18N2O4/c1-12-5-7-13(8-6-12)22-11-9-19-15(20)17(2,18-16(19)21)14-4-3-10-23-14/h3-8,10H,9,11H2,1-2H3,(H,18,21)/t17-/m0/s1. The Bertz CT molecular complexity index is 709. The first-order valence-corrected chi connectivity index (χ1v) is 7.38. The molecule has 1 aromatic heterocycles. The lowest BCUT2D eigenvalue weighted by atomic mass is 9.99. The number of amides is 3. The number of rotatable bonds is 5. The van der Waals surface area contributed by atoms with E-state index < -0.39 is 11.6 Å². The molecule has 120 valence electrons. The topological polar surface area (TPSA) is 71.8 Å². The summed E-state index contributed by atoms with van der Waals surface area (Å²) in [5.74, 6) is 0.777. The van der Waals surface area contributed by atoms with Gasteiger partial charge >= 0.3 is 6.03 Å². The lowest BCUT2D eigenvalue weighted by Crippen LogP contribution is -2.41. The zero-order valence-corrected chi connectivity index (χ0v) is 13.0. The number of imide groups is 1. The van der Waals surface area contributed by atoms with Gasteiger partial charge in [-0.25, -0.2) is 4.79 Å². The van der Waals surface area contributed by atoms with Crippen LogP contribution >= 0.6 is 0 Å². The van der Waals surface area contributed by atoms with Crippen LogP contribution in [-0.4, -0.2) is 30.0 Å². The molecule has 3 rings (SSSR count). The van der Waals surface area contributed by atoms with Crippen LogP contribution in [0.25, 0.3) is 0 Å². The van der Waals surface area contributed by atoms with Crippen molar-refractivity contribution in [3.63, 3.8) is 0 Å². The zero-order valence-electron chi connectivity index (χ0n) is 13.0. The molecule has 1 aliphatic heterocycles. The first-order chi connectivity index (χ1) is 11.0. The molecule has 2 aromatic rings. The highest BCUT2D eigenvalue weighted by molar-refractivity contribution is 6.06. The van der Waals surface area contributed by atoms with E-state index in [1.54, 1.807) is 19.1 Å². The van der Waals surface area contributed by atoms with Gasteiger partial charge in [0.1, 0.15) is 18.1 Å². The van der Waals surface area contributed by atoms with Gasteiger partial charge in [-0.1, -0.05) is 17.7 Å². The van der Waals surface area contributed by atoms with Crippen molar-refractivity contribution in [3.8, 4) is 5.75 Å². The lowest BCUT2D eigenvalue weighted by Gasteiger charge is -2.19. The largest absolute Gasteiger partial charge is 0.492 e. The summed E-state index contributed by atoms with van der Waals surface area (Å²) in [6.45, 7) is 4.03. The van der Waals surface area contributed by atoms with Crippen molar-refractivity contribution in [1.82, 2.24) is 10.2 Å². The van der Waals surface area contributed by atoms with Gasteiger partial charge in [-0.3, -0.25) is 9.69 Å². The Morgan fingerprint density at radius 1 is 1.22 bits per heavy atom. The van der Waals surface area contributed by atoms with Gasteiger partial charge in [-0.15, -0.1) is 0 Å². The van der Waals surface area contributed by atoms with Crippen LogP contribution in [0.5, 0.6) is 5.75 Å². The second-order valence-corrected chi connectivity index (χ2v) is 5.65. The summed E-state index contributed by atoms with van der Waals surface area (Å²) < 4.78 is 10.9. The molecule has 1 fully saturated rings. The maximum absolute atomic E-state index is 12.6. The SMILES string of the molecule is Cc1ccc(OCCN2C(=O)N[C@@](C)(c3ccco3)C2=O)cc1. The van der Waals surface area contributed by atoms with Crippen LogP contribution in [0, 0.1) is 6.92 Å². The molecule has 1 atom stereocenters. The minimum atomic E-state index is -1.16. The van der Waals surface area contributed by atoms with Crippen molar-refractivity contribution in [3.05, 3.63) is 54.0 Å². The molecule has 3 amide bonds. The Balaban J connectivity index is 1.63. The van der Waals surface area contributed by atoms with Crippen molar-refractivity contribution in [1.29, 1.82) is 0 Å². The minimum Gasteiger partial charge on any atom is -0.492 e.